The molecule has 0 saturated heterocycles. The highest BCUT2D eigenvalue weighted by Crippen LogP contribution is 2.00. The van der Waals surface area contributed by atoms with E-state index in [1.54, 1.807) is 12.2 Å². The summed E-state index contributed by atoms with van der Waals surface area (Å²) in [5.74, 6) is -1.18. The third kappa shape index (κ3) is 10.1. The molecule has 2 amide bonds. The second-order valence-corrected chi connectivity index (χ2v) is 6.07. The maximum absolute atomic E-state index is 11.8. The Balaban J connectivity index is 1.68. The number of hydrazone groups is 2. The average Bonchev–Trinajstić information content (AvgIpc) is 2.79. The van der Waals surface area contributed by atoms with Crippen molar-refractivity contribution in [2.24, 2.45) is 15.5 Å². The van der Waals surface area contributed by atoms with Gasteiger partial charge in [-0.05, 0) is 23.3 Å². The van der Waals surface area contributed by atoms with Crippen molar-refractivity contribution in [3.8, 4) is 0 Å². The Morgan fingerprint density at radius 3 is 1.55 bits per heavy atom. The van der Waals surface area contributed by atoms with Crippen LogP contribution in [0, 0.1) is 4.91 Å². The molecule has 2 aromatic carbocycles. The molecule has 0 unspecified atom stereocenters. The van der Waals surface area contributed by atoms with Crippen molar-refractivity contribution in [3.05, 3.63) is 88.8 Å². The van der Waals surface area contributed by atoms with Crippen LogP contribution in [0.15, 0.2) is 88.3 Å². The predicted molar refractivity (Wildman–Crippen MR) is 122 cm³/mol. The third-order valence-corrected chi connectivity index (χ3v) is 3.64. The number of nitroso groups, excluding NO2 is 1. The summed E-state index contributed by atoms with van der Waals surface area (Å²) < 4.78 is 0. The Morgan fingerprint density at radius 2 is 1.16 bits per heavy atom. The normalized spacial score (nSPS) is 11.4. The first-order chi connectivity index (χ1) is 15.2. The lowest BCUT2D eigenvalue weighted by Crippen LogP contribution is -2.37. The van der Waals surface area contributed by atoms with Gasteiger partial charge in [0.1, 0.15) is 13.1 Å². The van der Waals surface area contributed by atoms with Crippen molar-refractivity contribution in [2.75, 3.05) is 13.1 Å². The highest BCUT2D eigenvalue weighted by molar-refractivity contribution is 5.84. The first-order valence-corrected chi connectivity index (χ1v) is 9.33. The fraction of sp³-hybridized carbons (Fsp3) is 0.0909. The molecule has 0 bridgehead atoms. The van der Waals surface area contributed by atoms with Crippen molar-refractivity contribution >= 4 is 36.4 Å². The monoisotopic (exact) mass is 418 g/mol. The number of nitrogens with zero attached hydrogens (tertiary/aromatic N) is 4. The van der Waals surface area contributed by atoms with Crippen molar-refractivity contribution in [1.82, 2.24) is 15.9 Å². The van der Waals surface area contributed by atoms with E-state index in [0.717, 1.165) is 16.1 Å². The fourth-order valence-electron chi connectivity index (χ4n) is 2.26. The largest absolute Gasteiger partial charge is 0.271 e. The number of hydrogen-bond acceptors (Lipinski definition) is 6. The molecular formula is C22H22N6O3. The number of hydrogen-bond donors (Lipinski definition) is 2. The van der Waals surface area contributed by atoms with E-state index in [1.807, 2.05) is 72.8 Å². The number of nitrogens with one attached hydrogen (secondary N) is 2. The van der Waals surface area contributed by atoms with Crippen LogP contribution in [-0.2, 0) is 9.59 Å². The van der Waals surface area contributed by atoms with E-state index in [9.17, 15) is 14.5 Å². The zero-order valence-electron chi connectivity index (χ0n) is 16.7. The molecule has 0 fully saturated rings. The molecule has 0 spiro atoms. The molecule has 0 aliphatic rings. The van der Waals surface area contributed by atoms with Gasteiger partial charge in [-0.25, -0.2) is 15.9 Å². The van der Waals surface area contributed by atoms with Gasteiger partial charge < -0.3 is 0 Å². The Bertz CT molecular complexity index is 880. The van der Waals surface area contributed by atoms with Crippen molar-refractivity contribution in [2.45, 2.75) is 0 Å². The highest BCUT2D eigenvalue weighted by atomic mass is 16.3. The maximum atomic E-state index is 11.8. The summed E-state index contributed by atoms with van der Waals surface area (Å²) in [6, 6.07) is 19.1. The molecule has 2 rings (SSSR count). The minimum absolute atomic E-state index is 0.422. The van der Waals surface area contributed by atoms with E-state index in [-0.39, 0.29) is 0 Å². The molecule has 0 radical (unpaired) electrons. The first kappa shape index (κ1) is 22.9. The van der Waals surface area contributed by atoms with Crippen LogP contribution >= 0.6 is 0 Å². The van der Waals surface area contributed by atoms with Crippen LogP contribution in [0.3, 0.4) is 0 Å². The number of allylic oxidation sites excluding steroid dienone is 2. The number of amides is 2. The second kappa shape index (κ2) is 13.7. The average molecular weight is 418 g/mol. The summed E-state index contributed by atoms with van der Waals surface area (Å²) in [6.07, 6.45) is 9.73. The zero-order chi connectivity index (χ0) is 22.2. The molecule has 0 aliphatic carbocycles. The van der Waals surface area contributed by atoms with Crippen LogP contribution in [0.25, 0.3) is 12.2 Å². The Hall–Kier alpha value is -4.40. The lowest BCUT2D eigenvalue weighted by atomic mass is 10.2. The molecule has 31 heavy (non-hydrogen) atoms. The van der Waals surface area contributed by atoms with Crippen LogP contribution in [-0.4, -0.2) is 42.3 Å². The Labute approximate surface area is 179 Å². The molecule has 0 heterocycles. The zero-order valence-corrected chi connectivity index (χ0v) is 16.7. The predicted octanol–water partition coefficient (Wildman–Crippen LogP) is 2.60. The van der Waals surface area contributed by atoms with Gasteiger partial charge in [0.2, 0.25) is 0 Å². The minimum Gasteiger partial charge on any atom is -0.271 e. The molecule has 2 aromatic rings. The highest BCUT2D eigenvalue weighted by Gasteiger charge is 2.13. The topological polar surface area (TPSA) is 116 Å². The van der Waals surface area contributed by atoms with E-state index < -0.39 is 24.9 Å². The lowest BCUT2D eigenvalue weighted by molar-refractivity contribution is -0.125. The fourth-order valence-corrected chi connectivity index (χ4v) is 2.26. The first-order valence-electron chi connectivity index (χ1n) is 9.33. The number of rotatable bonds is 11. The second-order valence-electron chi connectivity index (χ2n) is 6.07. The molecule has 0 aliphatic heterocycles. The van der Waals surface area contributed by atoms with E-state index in [1.165, 1.54) is 12.4 Å². The summed E-state index contributed by atoms with van der Waals surface area (Å²) >= 11 is 0. The lowest BCUT2D eigenvalue weighted by Gasteiger charge is -2.12. The van der Waals surface area contributed by atoms with Crippen LogP contribution in [0.2, 0.25) is 0 Å². The smallest absolute Gasteiger partial charge is 0.261 e. The number of carbonyl (C=O) groups is 2. The van der Waals surface area contributed by atoms with Gasteiger partial charge in [0.05, 0.1) is 5.29 Å². The van der Waals surface area contributed by atoms with Gasteiger partial charge in [-0.2, -0.15) is 10.2 Å². The molecule has 9 heteroatoms. The number of benzene rings is 2. The molecular weight excluding hydrogens is 396 g/mol. The minimum atomic E-state index is -0.592. The summed E-state index contributed by atoms with van der Waals surface area (Å²) in [5, 5.41) is 10.9. The van der Waals surface area contributed by atoms with Crippen LogP contribution < -0.4 is 10.9 Å². The Kier molecular flexibility index (Phi) is 10.1. The Morgan fingerprint density at radius 1 is 0.742 bits per heavy atom. The molecule has 0 aromatic heterocycles. The van der Waals surface area contributed by atoms with Crippen LogP contribution in [0.1, 0.15) is 11.1 Å². The van der Waals surface area contributed by atoms with E-state index in [4.69, 9.17) is 0 Å². The van der Waals surface area contributed by atoms with Gasteiger partial charge in [-0.1, -0.05) is 72.8 Å². The van der Waals surface area contributed by atoms with Crippen LogP contribution in [0.4, 0.5) is 0 Å². The SMILES string of the molecule is O=NN(CC(=O)N/N=C\C=C\c1ccccc1)CC(=O)N/N=C/C=Cc1ccccc1. The summed E-state index contributed by atoms with van der Waals surface area (Å²) in [6.45, 7) is -0.845. The van der Waals surface area contributed by atoms with E-state index in [0.29, 0.717) is 0 Å². The van der Waals surface area contributed by atoms with Crippen molar-refractivity contribution in [1.29, 1.82) is 0 Å². The molecule has 9 nitrogen and oxygen atoms in total. The van der Waals surface area contributed by atoms with Crippen LogP contribution in [0.5, 0.6) is 0 Å². The maximum Gasteiger partial charge on any atom is 0.261 e. The third-order valence-electron chi connectivity index (χ3n) is 3.64. The standard InChI is InChI=1S/C22H22N6O3/c29-21(25-23-15-7-13-19-9-3-1-4-10-19)17-28(27-31)18-22(30)26-24-16-8-14-20-11-5-2-6-12-20/h1-16H,17-18H2,(H,25,29)(H,26,30)/b13-7+,14-8?,23-15-,24-16+. The van der Waals surface area contributed by atoms with E-state index >= 15 is 0 Å². The summed E-state index contributed by atoms with van der Waals surface area (Å²) in [7, 11) is 0. The van der Waals surface area contributed by atoms with Gasteiger partial charge >= 0.3 is 0 Å². The summed E-state index contributed by atoms with van der Waals surface area (Å²) in [4.78, 5) is 34.5. The van der Waals surface area contributed by atoms with Gasteiger partial charge in [-0.3, -0.25) is 9.59 Å². The molecule has 2 N–H and O–H groups in total. The van der Waals surface area contributed by atoms with Gasteiger partial charge in [-0.15, -0.1) is 4.91 Å². The number of carbonyl (C=O) groups excluding carboxylic acids is 2. The van der Waals surface area contributed by atoms with Crippen molar-refractivity contribution in [3.63, 3.8) is 0 Å². The van der Waals surface area contributed by atoms with E-state index in [2.05, 4.69) is 26.3 Å². The van der Waals surface area contributed by atoms with Crippen molar-refractivity contribution < 1.29 is 9.59 Å². The molecule has 0 atom stereocenters. The van der Waals surface area contributed by atoms with Gasteiger partial charge in [0.25, 0.3) is 11.8 Å². The molecule has 0 saturated carbocycles. The van der Waals surface area contributed by atoms with Gasteiger partial charge in [0, 0.05) is 12.4 Å². The quantitative estimate of drug-likeness (QED) is 0.331. The van der Waals surface area contributed by atoms with Gasteiger partial charge in [0.15, 0.2) is 0 Å². The molecule has 158 valence electrons. The summed E-state index contributed by atoms with van der Waals surface area (Å²) in [5.41, 5.74) is 6.48.